The number of hydrogen-bond acceptors (Lipinski definition) is 4. The van der Waals surface area contributed by atoms with E-state index in [-0.39, 0.29) is 0 Å². The number of nitrogens with one attached hydrogen (secondary N) is 1. The van der Waals surface area contributed by atoms with Crippen LogP contribution >= 0.6 is 0 Å². The fourth-order valence-corrected chi connectivity index (χ4v) is 2.12. The summed E-state index contributed by atoms with van der Waals surface area (Å²) >= 11 is 0. The summed E-state index contributed by atoms with van der Waals surface area (Å²) in [6.45, 7) is 5.47. The first-order chi connectivity index (χ1) is 10.3. The second-order valence-corrected chi connectivity index (χ2v) is 5.84. The van der Waals surface area contributed by atoms with Crippen LogP contribution in [0.4, 0.5) is 16.4 Å². The highest BCUT2D eigenvalue weighted by molar-refractivity contribution is 5.87. The zero-order valence-electron chi connectivity index (χ0n) is 13.2. The van der Waals surface area contributed by atoms with Crippen LogP contribution in [0.1, 0.15) is 20.8 Å². The van der Waals surface area contributed by atoms with Crippen molar-refractivity contribution in [2.75, 3.05) is 17.3 Å². The van der Waals surface area contributed by atoms with E-state index in [1.54, 1.807) is 13.1 Å². The molecule has 0 unspecified atom stereocenters. The Morgan fingerprint density at radius 1 is 1.18 bits per heavy atom. The lowest BCUT2D eigenvalue weighted by Gasteiger charge is -2.32. The van der Waals surface area contributed by atoms with E-state index in [0.717, 1.165) is 5.56 Å². The summed E-state index contributed by atoms with van der Waals surface area (Å²) < 4.78 is 0. The van der Waals surface area contributed by atoms with Crippen LogP contribution < -0.4 is 10.2 Å². The first-order valence-electron chi connectivity index (χ1n) is 6.98. The zero-order valence-corrected chi connectivity index (χ0v) is 13.2. The largest absolute Gasteiger partial charge is 0.465 e. The Bertz CT molecular complexity index is 666. The van der Waals surface area contributed by atoms with Gasteiger partial charge in [-0.2, -0.15) is 0 Å². The SMILES string of the molecule is CNc1cc(N(C(=O)O)C(C)(C)C)nc(-c2ccccc2)n1. The van der Waals surface area contributed by atoms with Crippen molar-refractivity contribution in [3.05, 3.63) is 36.4 Å². The summed E-state index contributed by atoms with van der Waals surface area (Å²) in [4.78, 5) is 21.7. The number of anilines is 2. The van der Waals surface area contributed by atoms with E-state index in [2.05, 4.69) is 15.3 Å². The molecule has 2 N–H and O–H groups in total. The Kier molecular flexibility index (Phi) is 4.30. The lowest BCUT2D eigenvalue weighted by atomic mass is 10.1. The van der Waals surface area contributed by atoms with Crippen LogP contribution in [0, 0.1) is 0 Å². The van der Waals surface area contributed by atoms with Gasteiger partial charge in [0.25, 0.3) is 0 Å². The first-order valence-corrected chi connectivity index (χ1v) is 6.98. The number of carbonyl (C=O) groups is 1. The minimum Gasteiger partial charge on any atom is -0.465 e. The van der Waals surface area contributed by atoms with Gasteiger partial charge in [-0.25, -0.2) is 14.8 Å². The van der Waals surface area contributed by atoms with Gasteiger partial charge >= 0.3 is 6.09 Å². The number of benzene rings is 1. The van der Waals surface area contributed by atoms with Gasteiger partial charge in [-0.3, -0.25) is 4.90 Å². The Morgan fingerprint density at radius 3 is 2.32 bits per heavy atom. The maximum Gasteiger partial charge on any atom is 0.413 e. The topological polar surface area (TPSA) is 78.4 Å². The van der Waals surface area contributed by atoms with Crippen LogP contribution in [0.25, 0.3) is 11.4 Å². The van der Waals surface area contributed by atoms with Crippen molar-refractivity contribution in [2.45, 2.75) is 26.3 Å². The van der Waals surface area contributed by atoms with Crippen LogP contribution in [0.2, 0.25) is 0 Å². The van der Waals surface area contributed by atoms with Crippen molar-refractivity contribution in [1.29, 1.82) is 0 Å². The molecular formula is C16H20N4O2. The second kappa shape index (κ2) is 6.01. The van der Waals surface area contributed by atoms with E-state index >= 15 is 0 Å². The van der Waals surface area contributed by atoms with Gasteiger partial charge in [0.15, 0.2) is 5.82 Å². The average Bonchev–Trinajstić information content (AvgIpc) is 2.46. The number of hydrogen-bond donors (Lipinski definition) is 2. The van der Waals surface area contributed by atoms with E-state index in [1.165, 1.54) is 4.90 Å². The van der Waals surface area contributed by atoms with Crippen LogP contribution in [0.15, 0.2) is 36.4 Å². The predicted molar refractivity (Wildman–Crippen MR) is 87.3 cm³/mol. The number of amides is 1. The van der Waals surface area contributed by atoms with Crippen LogP contribution in [0.5, 0.6) is 0 Å². The first kappa shape index (κ1) is 15.8. The fraction of sp³-hybridized carbons (Fsp3) is 0.312. The molecule has 0 aliphatic rings. The standard InChI is InChI=1S/C16H20N4O2/c1-16(2,3)20(15(21)22)13-10-12(17-4)18-14(19-13)11-8-6-5-7-9-11/h5-10H,1-4H3,(H,21,22)(H,17,18,19). The highest BCUT2D eigenvalue weighted by Gasteiger charge is 2.29. The van der Waals surface area contributed by atoms with Gasteiger partial charge in [-0.05, 0) is 20.8 Å². The summed E-state index contributed by atoms with van der Waals surface area (Å²) in [5.74, 6) is 1.40. The molecule has 0 radical (unpaired) electrons. The summed E-state index contributed by atoms with van der Waals surface area (Å²) in [5, 5.41) is 12.5. The minimum absolute atomic E-state index is 0.346. The smallest absolute Gasteiger partial charge is 0.413 e. The Labute approximate surface area is 129 Å². The van der Waals surface area contributed by atoms with Gasteiger partial charge in [0.1, 0.15) is 11.6 Å². The molecule has 0 aliphatic carbocycles. The third-order valence-electron chi connectivity index (χ3n) is 3.09. The van der Waals surface area contributed by atoms with Crippen LogP contribution in [0.3, 0.4) is 0 Å². The molecule has 6 heteroatoms. The second-order valence-electron chi connectivity index (χ2n) is 5.84. The number of nitrogens with zero attached hydrogens (tertiary/aromatic N) is 3. The number of rotatable bonds is 3. The molecule has 1 amide bonds. The summed E-state index contributed by atoms with van der Waals surface area (Å²) in [6, 6.07) is 11.1. The van der Waals surface area contributed by atoms with Crippen molar-refractivity contribution in [2.24, 2.45) is 0 Å². The van der Waals surface area contributed by atoms with E-state index in [1.807, 2.05) is 51.1 Å². The Morgan fingerprint density at radius 2 is 1.82 bits per heavy atom. The third-order valence-corrected chi connectivity index (χ3v) is 3.09. The summed E-state index contributed by atoms with van der Waals surface area (Å²) in [6.07, 6.45) is -1.05. The molecule has 0 aliphatic heterocycles. The highest BCUT2D eigenvalue weighted by atomic mass is 16.4. The zero-order chi connectivity index (χ0) is 16.3. The Hall–Kier alpha value is -2.63. The molecule has 22 heavy (non-hydrogen) atoms. The molecule has 1 aromatic heterocycles. The molecule has 0 spiro atoms. The van der Waals surface area contributed by atoms with E-state index in [9.17, 15) is 9.90 Å². The quantitative estimate of drug-likeness (QED) is 0.907. The van der Waals surface area contributed by atoms with Crippen molar-refractivity contribution in [3.8, 4) is 11.4 Å². The van der Waals surface area contributed by atoms with Gasteiger partial charge in [0.05, 0.1) is 0 Å². The molecule has 2 aromatic rings. The average molecular weight is 300 g/mol. The summed E-state index contributed by atoms with van der Waals surface area (Å²) in [5.41, 5.74) is 0.221. The summed E-state index contributed by atoms with van der Waals surface area (Å²) in [7, 11) is 1.74. The minimum atomic E-state index is -1.05. The Balaban J connectivity index is 2.59. The molecule has 1 aromatic carbocycles. The number of carboxylic acid groups (broad SMARTS) is 1. The molecule has 6 nitrogen and oxygen atoms in total. The lowest BCUT2D eigenvalue weighted by molar-refractivity contribution is 0.195. The van der Waals surface area contributed by atoms with E-state index < -0.39 is 11.6 Å². The van der Waals surface area contributed by atoms with E-state index in [0.29, 0.717) is 17.5 Å². The predicted octanol–water partition coefficient (Wildman–Crippen LogP) is 3.47. The molecule has 0 saturated carbocycles. The van der Waals surface area contributed by atoms with Gasteiger partial charge in [-0.1, -0.05) is 30.3 Å². The molecule has 2 rings (SSSR count). The molecular weight excluding hydrogens is 280 g/mol. The van der Waals surface area contributed by atoms with Crippen molar-refractivity contribution in [3.63, 3.8) is 0 Å². The van der Waals surface area contributed by atoms with Crippen LogP contribution in [-0.2, 0) is 0 Å². The normalized spacial score (nSPS) is 11.1. The molecule has 0 fully saturated rings. The van der Waals surface area contributed by atoms with Crippen molar-refractivity contribution in [1.82, 2.24) is 9.97 Å². The van der Waals surface area contributed by atoms with Gasteiger partial charge < -0.3 is 10.4 Å². The van der Waals surface area contributed by atoms with Gasteiger partial charge in [-0.15, -0.1) is 0 Å². The monoisotopic (exact) mass is 300 g/mol. The molecule has 0 atom stereocenters. The van der Waals surface area contributed by atoms with Gasteiger partial charge in [0, 0.05) is 24.2 Å². The third kappa shape index (κ3) is 3.33. The molecule has 0 bridgehead atoms. The van der Waals surface area contributed by atoms with Gasteiger partial charge in [0.2, 0.25) is 0 Å². The molecule has 0 saturated heterocycles. The van der Waals surface area contributed by atoms with E-state index in [4.69, 9.17) is 0 Å². The van der Waals surface area contributed by atoms with Crippen molar-refractivity contribution >= 4 is 17.7 Å². The van der Waals surface area contributed by atoms with Crippen LogP contribution in [-0.4, -0.2) is 33.8 Å². The lowest BCUT2D eigenvalue weighted by Crippen LogP contribution is -2.45. The molecule has 1 heterocycles. The number of aromatic nitrogens is 2. The highest BCUT2D eigenvalue weighted by Crippen LogP contribution is 2.27. The van der Waals surface area contributed by atoms with Crippen molar-refractivity contribution < 1.29 is 9.90 Å². The maximum absolute atomic E-state index is 11.6. The maximum atomic E-state index is 11.6. The fourth-order valence-electron chi connectivity index (χ4n) is 2.12. The molecule has 116 valence electrons.